The van der Waals surface area contributed by atoms with Crippen molar-refractivity contribution in [3.8, 4) is 10.4 Å². The molecule has 0 radical (unpaired) electrons. The molecule has 7 nitrogen and oxygen atoms in total. The van der Waals surface area contributed by atoms with E-state index in [4.69, 9.17) is 9.72 Å². The molecule has 2 atom stereocenters. The van der Waals surface area contributed by atoms with E-state index in [1.54, 1.807) is 0 Å². The van der Waals surface area contributed by atoms with Crippen molar-refractivity contribution in [1.29, 1.82) is 0 Å². The number of nitrogens with zero attached hydrogens (tertiary/aromatic N) is 3. The fourth-order valence-corrected chi connectivity index (χ4v) is 6.70. The van der Waals surface area contributed by atoms with E-state index in [1.165, 1.54) is 20.9 Å². The average Bonchev–Trinajstić information content (AvgIpc) is 3.55. The number of morpholine rings is 1. The fourth-order valence-electron chi connectivity index (χ4n) is 5.67. The lowest BCUT2D eigenvalue weighted by molar-refractivity contribution is 0.0346. The van der Waals surface area contributed by atoms with Gasteiger partial charge in [-0.05, 0) is 56.9 Å². The molecule has 0 spiro atoms. The Morgan fingerprint density at radius 3 is 2.94 bits per heavy atom. The van der Waals surface area contributed by atoms with E-state index in [1.807, 2.05) is 31.4 Å². The lowest BCUT2D eigenvalue weighted by Gasteiger charge is -2.34. The third-order valence-electron chi connectivity index (χ3n) is 7.35. The van der Waals surface area contributed by atoms with Gasteiger partial charge in [-0.15, -0.1) is 11.3 Å². The van der Waals surface area contributed by atoms with E-state index in [0.717, 1.165) is 68.7 Å². The van der Waals surface area contributed by atoms with Gasteiger partial charge in [0.2, 0.25) is 0 Å². The second-order valence-corrected chi connectivity index (χ2v) is 11.4. The Morgan fingerprint density at radius 2 is 2.14 bits per heavy atom. The van der Waals surface area contributed by atoms with Gasteiger partial charge < -0.3 is 19.9 Å². The molecular weight excluding hydrogens is 458 g/mol. The number of carbonyl (C=O) groups is 1. The number of thiophene rings is 1. The van der Waals surface area contributed by atoms with Crippen molar-refractivity contribution in [2.24, 2.45) is 0 Å². The number of aromatic nitrogens is 2. The molecular formula is C27H33N5O2S. The number of amides is 2. The number of carbonyl (C=O) groups excluding carboxylic acids is 1. The monoisotopic (exact) mass is 491 g/mol. The summed E-state index contributed by atoms with van der Waals surface area (Å²) in [6, 6.07) is 7.40. The third kappa shape index (κ3) is 4.50. The van der Waals surface area contributed by atoms with Crippen LogP contribution in [0.25, 0.3) is 27.0 Å². The molecule has 0 aliphatic carbocycles. The highest BCUT2D eigenvalue weighted by Crippen LogP contribution is 2.41. The number of nitrogens with one attached hydrogen (secondary N) is 2. The molecule has 8 heteroatoms. The van der Waals surface area contributed by atoms with Crippen LogP contribution in [-0.4, -0.2) is 70.2 Å². The summed E-state index contributed by atoms with van der Waals surface area (Å²) >= 11 is 1.85. The van der Waals surface area contributed by atoms with Crippen LogP contribution in [0.2, 0.25) is 0 Å². The Morgan fingerprint density at radius 1 is 1.29 bits per heavy atom. The van der Waals surface area contributed by atoms with E-state index in [9.17, 15) is 4.79 Å². The van der Waals surface area contributed by atoms with Crippen molar-refractivity contribution in [3.05, 3.63) is 47.1 Å². The van der Waals surface area contributed by atoms with E-state index in [2.05, 4.69) is 50.6 Å². The molecule has 3 aromatic heterocycles. The lowest BCUT2D eigenvalue weighted by Crippen LogP contribution is -2.49. The predicted molar refractivity (Wildman–Crippen MR) is 140 cm³/mol. The topological polar surface area (TPSA) is 73.5 Å². The van der Waals surface area contributed by atoms with Crippen LogP contribution in [-0.2, 0) is 11.3 Å². The number of ether oxygens (including phenoxy) is 1. The van der Waals surface area contributed by atoms with Gasteiger partial charge in [-0.1, -0.05) is 6.08 Å². The Hall–Kier alpha value is -2.68. The van der Waals surface area contributed by atoms with Crippen LogP contribution >= 0.6 is 11.3 Å². The van der Waals surface area contributed by atoms with E-state index >= 15 is 0 Å². The fraction of sp³-hybridized carbons (Fsp3) is 0.481. The van der Waals surface area contributed by atoms with Gasteiger partial charge in [0.05, 0.1) is 19.3 Å². The third-order valence-corrected chi connectivity index (χ3v) is 8.47. The second-order valence-electron chi connectivity index (χ2n) is 10.2. The van der Waals surface area contributed by atoms with Crippen LogP contribution in [0, 0.1) is 0 Å². The number of fused-ring (bicyclic) bond motifs is 3. The summed E-state index contributed by atoms with van der Waals surface area (Å²) in [6.45, 7) is 8.67. The normalized spacial score (nSPS) is 22.7. The van der Waals surface area contributed by atoms with Gasteiger partial charge in [-0.25, -0.2) is 9.78 Å². The van der Waals surface area contributed by atoms with Gasteiger partial charge in [0.15, 0.2) is 0 Å². The summed E-state index contributed by atoms with van der Waals surface area (Å²) in [6.07, 6.45) is 9.36. The minimum absolute atomic E-state index is 0.0660. The molecule has 2 fully saturated rings. The molecule has 2 N–H and O–H groups in total. The van der Waals surface area contributed by atoms with Crippen LogP contribution in [0.5, 0.6) is 0 Å². The van der Waals surface area contributed by atoms with Crippen LogP contribution in [0.3, 0.4) is 0 Å². The summed E-state index contributed by atoms with van der Waals surface area (Å²) in [7, 11) is 0. The van der Waals surface area contributed by atoms with E-state index in [-0.39, 0.29) is 24.2 Å². The number of urea groups is 1. The number of rotatable bonds is 5. The summed E-state index contributed by atoms with van der Waals surface area (Å²) in [5, 5.41) is 4.24. The summed E-state index contributed by atoms with van der Waals surface area (Å²) in [5.74, 6) is 0. The quantitative estimate of drug-likeness (QED) is 0.535. The van der Waals surface area contributed by atoms with Crippen molar-refractivity contribution in [2.75, 3.05) is 26.3 Å². The molecule has 184 valence electrons. The molecule has 0 aromatic carbocycles. The van der Waals surface area contributed by atoms with Crippen LogP contribution in [0.1, 0.15) is 43.6 Å². The average molecular weight is 492 g/mol. The van der Waals surface area contributed by atoms with Crippen molar-refractivity contribution >= 4 is 34.0 Å². The van der Waals surface area contributed by atoms with E-state index < -0.39 is 0 Å². The van der Waals surface area contributed by atoms with Crippen LogP contribution in [0.4, 0.5) is 4.79 Å². The number of aromatic amines is 1. The maximum atomic E-state index is 12.8. The second kappa shape index (κ2) is 9.41. The van der Waals surface area contributed by atoms with Crippen molar-refractivity contribution < 1.29 is 9.53 Å². The molecule has 2 bridgehead atoms. The molecule has 3 aliphatic heterocycles. The summed E-state index contributed by atoms with van der Waals surface area (Å²) < 4.78 is 5.48. The maximum Gasteiger partial charge on any atom is 0.318 e. The molecule has 0 saturated carbocycles. The van der Waals surface area contributed by atoms with Crippen molar-refractivity contribution in [2.45, 2.75) is 57.8 Å². The minimum Gasteiger partial charge on any atom is -0.379 e. The molecule has 2 amide bonds. The van der Waals surface area contributed by atoms with Crippen molar-refractivity contribution in [3.63, 3.8) is 0 Å². The number of pyridine rings is 1. The Kier molecular flexibility index (Phi) is 6.12. The largest absolute Gasteiger partial charge is 0.379 e. The zero-order valence-corrected chi connectivity index (χ0v) is 21.2. The molecule has 2 saturated heterocycles. The van der Waals surface area contributed by atoms with Crippen LogP contribution < -0.4 is 5.32 Å². The van der Waals surface area contributed by atoms with Gasteiger partial charge in [0, 0.05) is 70.4 Å². The number of hydrogen-bond acceptors (Lipinski definition) is 5. The first-order valence-electron chi connectivity index (χ1n) is 12.7. The Balaban J connectivity index is 1.25. The highest BCUT2D eigenvalue weighted by Gasteiger charge is 2.40. The predicted octanol–water partition coefficient (Wildman–Crippen LogP) is 4.86. The zero-order valence-electron chi connectivity index (χ0n) is 20.4. The Labute approximate surface area is 210 Å². The summed E-state index contributed by atoms with van der Waals surface area (Å²) in [4.78, 5) is 28.0. The van der Waals surface area contributed by atoms with Crippen LogP contribution in [0.15, 0.2) is 36.7 Å². The Bertz CT molecular complexity index is 1260. The first kappa shape index (κ1) is 22.8. The molecule has 2 unspecified atom stereocenters. The molecule has 3 aliphatic rings. The van der Waals surface area contributed by atoms with Gasteiger partial charge in [-0.3, -0.25) is 4.90 Å². The number of hydrogen-bond donors (Lipinski definition) is 2. The van der Waals surface area contributed by atoms with E-state index in [0.29, 0.717) is 0 Å². The molecule has 3 aromatic rings. The van der Waals surface area contributed by atoms with Gasteiger partial charge in [0.1, 0.15) is 5.65 Å². The molecule has 6 rings (SSSR count). The standard InChI is InChI=1S/C27H33N5O2S/c1-17(2)30-27(33)32-20-3-4-21(32)12-18(11-20)24-15-29-26-23(24)13-19(14-28-26)25-6-5-22(35-25)16-31-7-9-34-10-8-31/h5-6,11,13-15,17,20-21H,3-4,7-10,12,16H2,1-2H3,(H,28,29)(H,30,33). The lowest BCUT2D eigenvalue weighted by atomic mass is 9.94. The highest BCUT2D eigenvalue weighted by atomic mass is 32.1. The van der Waals surface area contributed by atoms with Crippen molar-refractivity contribution in [1.82, 2.24) is 25.1 Å². The smallest absolute Gasteiger partial charge is 0.318 e. The SMILES string of the molecule is CC(C)NC(=O)N1C2C=C(c3c[nH]c4ncc(-c5ccc(CN6CCOCC6)s5)cc34)CC1CC2. The maximum absolute atomic E-state index is 12.8. The van der Waals surface area contributed by atoms with Gasteiger partial charge in [-0.2, -0.15) is 0 Å². The van der Waals surface area contributed by atoms with Gasteiger partial charge >= 0.3 is 6.03 Å². The highest BCUT2D eigenvalue weighted by molar-refractivity contribution is 7.15. The molecule has 35 heavy (non-hydrogen) atoms. The van der Waals surface area contributed by atoms with Gasteiger partial charge in [0.25, 0.3) is 0 Å². The first-order valence-corrected chi connectivity index (χ1v) is 13.5. The zero-order chi connectivity index (χ0) is 23.9. The molecule has 6 heterocycles. The summed E-state index contributed by atoms with van der Waals surface area (Å²) in [5.41, 5.74) is 4.63. The number of H-pyrrole nitrogens is 1. The first-order chi connectivity index (χ1) is 17.0. The minimum atomic E-state index is 0.0660.